The molecular weight excluding hydrogens is 400 g/mol. The van der Waals surface area contributed by atoms with Crippen molar-refractivity contribution in [3.63, 3.8) is 0 Å². The molecule has 0 saturated carbocycles. The first kappa shape index (κ1) is 20.2. The Morgan fingerprint density at radius 1 is 1.48 bits per heavy atom. The van der Waals surface area contributed by atoms with E-state index in [1.165, 1.54) is 27.9 Å². The van der Waals surface area contributed by atoms with Gasteiger partial charge < -0.3 is 10.0 Å². The molecule has 1 aromatic rings. The van der Waals surface area contributed by atoms with Crippen molar-refractivity contribution in [3.8, 4) is 0 Å². The van der Waals surface area contributed by atoms with Crippen molar-refractivity contribution in [3.05, 3.63) is 34.2 Å². The van der Waals surface area contributed by atoms with Gasteiger partial charge in [0.05, 0.1) is 4.91 Å². The van der Waals surface area contributed by atoms with Crippen LogP contribution in [-0.4, -0.2) is 57.8 Å². The summed E-state index contributed by atoms with van der Waals surface area (Å²) in [6.07, 6.45) is 6.25. The van der Waals surface area contributed by atoms with Crippen LogP contribution in [0.2, 0.25) is 0 Å². The molecule has 0 spiro atoms. The summed E-state index contributed by atoms with van der Waals surface area (Å²) in [5, 5.41) is 9.53. The Bertz CT molecular complexity index is 809. The van der Waals surface area contributed by atoms with Crippen molar-refractivity contribution in [1.29, 1.82) is 0 Å². The molecule has 144 valence electrons. The number of thioether (sulfide) groups is 2. The largest absolute Gasteiger partial charge is 0.480 e. The minimum Gasteiger partial charge on any atom is -0.480 e. The maximum absolute atomic E-state index is 12.8. The zero-order valence-corrected chi connectivity index (χ0v) is 17.8. The molecular formula is C19H22N2O3S3. The molecule has 0 radical (unpaired) electrons. The van der Waals surface area contributed by atoms with Crippen LogP contribution in [0.1, 0.15) is 24.0 Å². The Labute approximate surface area is 173 Å². The van der Waals surface area contributed by atoms with Crippen molar-refractivity contribution in [2.24, 2.45) is 0 Å². The summed E-state index contributed by atoms with van der Waals surface area (Å²) in [6, 6.07) is 5.28. The molecule has 0 aromatic heterocycles. The summed E-state index contributed by atoms with van der Waals surface area (Å²) in [6.45, 7) is 1.05. The number of aryl methyl sites for hydroxylation is 1. The highest BCUT2D eigenvalue weighted by atomic mass is 32.2. The molecule has 1 fully saturated rings. The second-order valence-electron chi connectivity index (χ2n) is 6.60. The molecule has 2 aliphatic rings. The van der Waals surface area contributed by atoms with Crippen LogP contribution in [0.3, 0.4) is 0 Å². The molecule has 1 atom stereocenters. The standard InChI is InChI=1S/C19H22N2O3S3/c1-20-8-3-4-13-10-12(5-6-14(13)20)11-16-17(22)21(19(25)27-16)15(18(23)24)7-9-26-2/h5-6,10-11,15H,3-4,7-9H2,1-2H3,(H,23,24)/b16-11-/t15-/m1/s1. The van der Waals surface area contributed by atoms with Crippen molar-refractivity contribution in [1.82, 2.24) is 4.90 Å². The number of carbonyl (C=O) groups is 2. The number of nitrogens with zero attached hydrogens (tertiary/aromatic N) is 2. The van der Waals surface area contributed by atoms with Gasteiger partial charge in [0.25, 0.3) is 5.91 Å². The molecule has 8 heteroatoms. The number of rotatable bonds is 6. The molecule has 5 nitrogen and oxygen atoms in total. The van der Waals surface area contributed by atoms with Gasteiger partial charge in [-0.05, 0) is 60.6 Å². The van der Waals surface area contributed by atoms with Crippen molar-refractivity contribution in [2.75, 3.05) is 30.5 Å². The molecule has 0 aliphatic carbocycles. The second-order valence-corrected chi connectivity index (χ2v) is 9.26. The number of hydrogen-bond acceptors (Lipinski definition) is 6. The third kappa shape index (κ3) is 4.33. The Kier molecular flexibility index (Phi) is 6.49. The lowest BCUT2D eigenvalue weighted by atomic mass is 9.99. The first-order valence-corrected chi connectivity index (χ1v) is 11.4. The van der Waals surface area contributed by atoms with E-state index in [0.29, 0.717) is 21.4 Å². The minimum absolute atomic E-state index is 0.312. The molecule has 2 aliphatic heterocycles. The maximum atomic E-state index is 12.8. The Morgan fingerprint density at radius 3 is 2.96 bits per heavy atom. The fourth-order valence-corrected chi connectivity index (χ4v) is 5.20. The number of carboxylic acids is 1. The number of hydrogen-bond donors (Lipinski definition) is 1. The van der Waals surface area contributed by atoms with Gasteiger partial charge in [-0.15, -0.1) is 0 Å². The topological polar surface area (TPSA) is 60.9 Å². The SMILES string of the molecule is CSCC[C@H](C(=O)O)N1C(=O)/C(=C/c2ccc3c(c2)CCCN3C)SC1=S. The number of fused-ring (bicyclic) bond motifs is 1. The monoisotopic (exact) mass is 422 g/mol. The highest BCUT2D eigenvalue weighted by molar-refractivity contribution is 8.26. The van der Waals surface area contributed by atoms with E-state index in [4.69, 9.17) is 12.2 Å². The van der Waals surface area contributed by atoms with E-state index in [1.54, 1.807) is 11.8 Å². The van der Waals surface area contributed by atoms with Gasteiger partial charge in [-0.2, -0.15) is 11.8 Å². The fraction of sp³-hybridized carbons (Fsp3) is 0.421. The van der Waals surface area contributed by atoms with Crippen LogP contribution in [0.15, 0.2) is 23.1 Å². The van der Waals surface area contributed by atoms with Crippen LogP contribution in [0.4, 0.5) is 5.69 Å². The highest BCUT2D eigenvalue weighted by Gasteiger charge is 2.40. The van der Waals surface area contributed by atoms with Crippen molar-refractivity contribution < 1.29 is 14.7 Å². The summed E-state index contributed by atoms with van der Waals surface area (Å²) < 4.78 is 0.317. The van der Waals surface area contributed by atoms with Gasteiger partial charge in [0.2, 0.25) is 0 Å². The van der Waals surface area contributed by atoms with Gasteiger partial charge >= 0.3 is 5.97 Å². The predicted molar refractivity (Wildman–Crippen MR) is 117 cm³/mol. The second kappa shape index (κ2) is 8.67. The predicted octanol–water partition coefficient (Wildman–Crippen LogP) is 3.48. The Morgan fingerprint density at radius 2 is 2.26 bits per heavy atom. The van der Waals surface area contributed by atoms with Gasteiger partial charge in [0.15, 0.2) is 0 Å². The normalized spacial score (nSPS) is 19.6. The third-order valence-corrected chi connectivity index (χ3v) is 6.74. The number of aliphatic carboxylic acids is 1. The molecule has 27 heavy (non-hydrogen) atoms. The highest BCUT2D eigenvalue weighted by Crippen LogP contribution is 2.36. The summed E-state index contributed by atoms with van der Waals surface area (Å²) in [4.78, 5) is 28.5. The molecule has 1 aromatic carbocycles. The molecule has 1 amide bonds. The van der Waals surface area contributed by atoms with Crippen LogP contribution < -0.4 is 4.90 Å². The van der Waals surface area contributed by atoms with Crippen molar-refractivity contribution in [2.45, 2.75) is 25.3 Å². The van der Waals surface area contributed by atoms with Crippen LogP contribution >= 0.6 is 35.7 Å². The smallest absolute Gasteiger partial charge is 0.326 e. The fourth-order valence-electron chi connectivity index (χ4n) is 3.39. The third-order valence-electron chi connectivity index (χ3n) is 4.77. The van der Waals surface area contributed by atoms with Gasteiger partial charge in [-0.25, -0.2) is 4.79 Å². The van der Waals surface area contributed by atoms with E-state index < -0.39 is 12.0 Å². The maximum Gasteiger partial charge on any atom is 0.326 e. The van der Waals surface area contributed by atoms with E-state index >= 15 is 0 Å². The van der Waals surface area contributed by atoms with E-state index in [1.807, 2.05) is 18.4 Å². The van der Waals surface area contributed by atoms with E-state index in [-0.39, 0.29) is 5.91 Å². The molecule has 0 bridgehead atoms. The lowest BCUT2D eigenvalue weighted by Crippen LogP contribution is -2.44. The van der Waals surface area contributed by atoms with Crippen LogP contribution in [0, 0.1) is 0 Å². The molecule has 3 rings (SSSR count). The van der Waals surface area contributed by atoms with Gasteiger partial charge in [-0.1, -0.05) is 30.0 Å². The van der Waals surface area contributed by atoms with Crippen LogP contribution in [0.5, 0.6) is 0 Å². The number of amides is 1. The molecule has 0 unspecified atom stereocenters. The van der Waals surface area contributed by atoms with Crippen molar-refractivity contribution >= 4 is 63.7 Å². The number of carboxylic acid groups (broad SMARTS) is 1. The number of anilines is 1. The summed E-state index contributed by atoms with van der Waals surface area (Å²) >= 11 is 8.06. The first-order chi connectivity index (χ1) is 12.9. The first-order valence-electron chi connectivity index (χ1n) is 8.75. The van der Waals surface area contributed by atoms with Gasteiger partial charge in [0.1, 0.15) is 10.4 Å². The number of thiocarbonyl (C=S) groups is 1. The Hall–Kier alpha value is -1.51. The molecule has 1 N–H and O–H groups in total. The zero-order valence-electron chi connectivity index (χ0n) is 15.3. The quantitative estimate of drug-likeness (QED) is 0.556. The van der Waals surface area contributed by atoms with Crippen LogP contribution in [-0.2, 0) is 16.0 Å². The molecule has 1 saturated heterocycles. The van der Waals surface area contributed by atoms with Crippen LogP contribution in [0.25, 0.3) is 6.08 Å². The van der Waals surface area contributed by atoms with Gasteiger partial charge in [-0.3, -0.25) is 9.69 Å². The lowest BCUT2D eigenvalue weighted by Gasteiger charge is -2.27. The minimum atomic E-state index is -1.02. The number of benzene rings is 1. The summed E-state index contributed by atoms with van der Waals surface area (Å²) in [5.41, 5.74) is 3.45. The zero-order chi connectivity index (χ0) is 19.6. The van der Waals surface area contributed by atoms with E-state index in [2.05, 4.69) is 24.1 Å². The molecule has 2 heterocycles. The lowest BCUT2D eigenvalue weighted by molar-refractivity contribution is -0.145. The van der Waals surface area contributed by atoms with Gasteiger partial charge in [0, 0.05) is 19.3 Å². The Balaban J connectivity index is 1.85. The average Bonchev–Trinajstić information content (AvgIpc) is 2.89. The average molecular weight is 423 g/mol. The summed E-state index contributed by atoms with van der Waals surface area (Å²) in [5.74, 6) is -0.669. The number of carbonyl (C=O) groups excluding carboxylic acids is 1. The van der Waals surface area contributed by atoms with E-state index in [0.717, 1.165) is 24.9 Å². The van der Waals surface area contributed by atoms with E-state index in [9.17, 15) is 14.7 Å². The summed E-state index contributed by atoms with van der Waals surface area (Å²) in [7, 11) is 2.09.